The minimum Gasteiger partial charge on any atom is -0.353 e. The van der Waals surface area contributed by atoms with Crippen LogP contribution in [0, 0.1) is 20.8 Å². The third-order valence-corrected chi connectivity index (χ3v) is 4.53. The highest BCUT2D eigenvalue weighted by atomic mass is 32.1. The zero-order valence-electron chi connectivity index (χ0n) is 9.87. The summed E-state index contributed by atoms with van der Waals surface area (Å²) in [5.74, 6) is 0. The average Bonchev–Trinajstić information content (AvgIpc) is 2.75. The maximum Gasteiger partial charge on any atom is 0.183 e. The molecule has 1 N–H and O–H groups in total. The molecule has 0 aliphatic carbocycles. The molecule has 0 spiro atoms. The van der Waals surface area contributed by atoms with Gasteiger partial charge in [-0.25, -0.2) is 9.97 Å². The summed E-state index contributed by atoms with van der Waals surface area (Å²) in [6.45, 7) is 8.26. The number of aromatic nitrogens is 2. The van der Waals surface area contributed by atoms with Crippen LogP contribution in [-0.2, 0) is 0 Å². The number of nitrogens with zero attached hydrogens (tertiary/aromatic N) is 2. The van der Waals surface area contributed by atoms with Crippen LogP contribution in [0.3, 0.4) is 0 Å². The van der Waals surface area contributed by atoms with Crippen LogP contribution in [0.4, 0.5) is 5.13 Å². The van der Waals surface area contributed by atoms with E-state index >= 15 is 0 Å². The quantitative estimate of drug-likeness (QED) is 0.906. The normalized spacial score (nSPS) is 12.8. The molecule has 2 heterocycles. The van der Waals surface area contributed by atoms with Gasteiger partial charge in [-0.3, -0.25) is 0 Å². The molecule has 1 unspecified atom stereocenters. The van der Waals surface area contributed by atoms with Crippen LogP contribution >= 0.6 is 22.7 Å². The van der Waals surface area contributed by atoms with Crippen molar-refractivity contribution < 1.29 is 0 Å². The van der Waals surface area contributed by atoms with Crippen LogP contribution in [0.5, 0.6) is 0 Å². The van der Waals surface area contributed by atoms with E-state index in [0.717, 1.165) is 21.5 Å². The van der Waals surface area contributed by atoms with Crippen LogP contribution in [0.2, 0.25) is 0 Å². The van der Waals surface area contributed by atoms with Crippen LogP contribution < -0.4 is 5.32 Å². The number of anilines is 1. The van der Waals surface area contributed by atoms with E-state index in [1.165, 1.54) is 4.88 Å². The first kappa shape index (κ1) is 11.5. The van der Waals surface area contributed by atoms with Gasteiger partial charge in [-0.15, -0.1) is 22.7 Å². The van der Waals surface area contributed by atoms with Crippen molar-refractivity contribution in [1.82, 2.24) is 9.97 Å². The number of hydrogen-bond donors (Lipinski definition) is 1. The molecule has 0 amide bonds. The molecule has 0 bridgehead atoms. The average molecular weight is 253 g/mol. The molecule has 2 aromatic rings. The van der Waals surface area contributed by atoms with Gasteiger partial charge in [-0.1, -0.05) is 0 Å². The Hall–Kier alpha value is -0.940. The third kappa shape index (κ3) is 2.41. The van der Waals surface area contributed by atoms with E-state index in [4.69, 9.17) is 0 Å². The highest BCUT2D eigenvalue weighted by molar-refractivity contribution is 7.15. The van der Waals surface area contributed by atoms with Crippen molar-refractivity contribution >= 4 is 27.8 Å². The number of hydrogen-bond acceptors (Lipinski definition) is 5. The number of nitrogens with one attached hydrogen (secondary N) is 1. The Balaban J connectivity index is 2.10. The molecule has 86 valence electrons. The second-order valence-corrected chi connectivity index (χ2v) is 5.95. The van der Waals surface area contributed by atoms with E-state index in [0.29, 0.717) is 0 Å². The van der Waals surface area contributed by atoms with E-state index in [2.05, 4.69) is 34.5 Å². The molecule has 0 aliphatic rings. The molecule has 0 radical (unpaired) electrons. The lowest BCUT2D eigenvalue weighted by atomic mass is 10.3. The molecule has 2 aromatic heterocycles. The SMILES string of the molecule is Cc1csc(C(C)Nc2nc(C)c(C)s2)n1. The van der Waals surface area contributed by atoms with Crippen molar-refractivity contribution in [2.45, 2.75) is 33.7 Å². The molecule has 1 atom stereocenters. The Bertz CT molecular complexity index is 468. The Morgan fingerprint density at radius 2 is 2.00 bits per heavy atom. The van der Waals surface area contributed by atoms with E-state index in [-0.39, 0.29) is 6.04 Å². The van der Waals surface area contributed by atoms with Crippen molar-refractivity contribution in [2.24, 2.45) is 0 Å². The van der Waals surface area contributed by atoms with Gasteiger partial charge >= 0.3 is 0 Å². The molecule has 0 aromatic carbocycles. The van der Waals surface area contributed by atoms with Gasteiger partial charge < -0.3 is 5.32 Å². The van der Waals surface area contributed by atoms with Gasteiger partial charge in [0.1, 0.15) is 5.01 Å². The first-order chi connectivity index (χ1) is 7.56. The van der Waals surface area contributed by atoms with Gasteiger partial charge in [0.25, 0.3) is 0 Å². The lowest BCUT2D eigenvalue weighted by Gasteiger charge is -2.08. The molecule has 2 rings (SSSR count). The van der Waals surface area contributed by atoms with Crippen molar-refractivity contribution in [2.75, 3.05) is 5.32 Å². The molecule has 3 nitrogen and oxygen atoms in total. The largest absolute Gasteiger partial charge is 0.353 e. The van der Waals surface area contributed by atoms with Crippen molar-refractivity contribution in [3.05, 3.63) is 26.7 Å². The molecule has 5 heteroatoms. The van der Waals surface area contributed by atoms with Gasteiger partial charge in [-0.2, -0.15) is 0 Å². The molecule has 16 heavy (non-hydrogen) atoms. The van der Waals surface area contributed by atoms with E-state index in [1.54, 1.807) is 22.7 Å². The third-order valence-electron chi connectivity index (χ3n) is 2.38. The van der Waals surface area contributed by atoms with E-state index in [1.807, 2.05) is 13.8 Å². The van der Waals surface area contributed by atoms with Crippen LogP contribution in [0.15, 0.2) is 5.38 Å². The molecule has 0 fully saturated rings. The predicted molar refractivity (Wildman–Crippen MR) is 70.5 cm³/mol. The lowest BCUT2D eigenvalue weighted by molar-refractivity contribution is 0.860. The summed E-state index contributed by atoms with van der Waals surface area (Å²) >= 11 is 3.39. The number of rotatable bonds is 3. The Labute approximate surface area is 104 Å². The second-order valence-electron chi connectivity index (χ2n) is 3.85. The molecule has 0 saturated carbocycles. The van der Waals surface area contributed by atoms with Gasteiger partial charge in [0, 0.05) is 16.0 Å². The molecule has 0 saturated heterocycles. The fourth-order valence-electron chi connectivity index (χ4n) is 1.35. The van der Waals surface area contributed by atoms with Crippen molar-refractivity contribution in [1.29, 1.82) is 0 Å². The number of thiazole rings is 2. The Kier molecular flexibility index (Phi) is 3.25. The number of aryl methyl sites for hydroxylation is 3. The first-order valence-electron chi connectivity index (χ1n) is 5.19. The highest BCUT2D eigenvalue weighted by Crippen LogP contribution is 2.26. The first-order valence-corrected chi connectivity index (χ1v) is 6.88. The van der Waals surface area contributed by atoms with Gasteiger partial charge in [0.2, 0.25) is 0 Å². The molecular formula is C11H15N3S2. The van der Waals surface area contributed by atoms with E-state index < -0.39 is 0 Å². The van der Waals surface area contributed by atoms with Gasteiger partial charge in [0.05, 0.1) is 11.7 Å². The molecular weight excluding hydrogens is 238 g/mol. The summed E-state index contributed by atoms with van der Waals surface area (Å²) < 4.78 is 0. The fourth-order valence-corrected chi connectivity index (χ4v) is 3.06. The van der Waals surface area contributed by atoms with Crippen LogP contribution in [0.25, 0.3) is 0 Å². The van der Waals surface area contributed by atoms with Crippen LogP contribution in [0.1, 0.15) is 34.2 Å². The summed E-state index contributed by atoms with van der Waals surface area (Å²) in [5.41, 5.74) is 2.19. The summed E-state index contributed by atoms with van der Waals surface area (Å²) in [4.78, 5) is 10.2. The summed E-state index contributed by atoms with van der Waals surface area (Å²) in [6.07, 6.45) is 0. The van der Waals surface area contributed by atoms with Gasteiger partial charge in [-0.05, 0) is 27.7 Å². The maximum absolute atomic E-state index is 4.47. The second kappa shape index (κ2) is 4.51. The predicted octanol–water partition coefficient (Wildman–Crippen LogP) is 3.70. The Morgan fingerprint density at radius 3 is 2.50 bits per heavy atom. The van der Waals surface area contributed by atoms with E-state index in [9.17, 15) is 0 Å². The van der Waals surface area contributed by atoms with Crippen LogP contribution in [-0.4, -0.2) is 9.97 Å². The zero-order valence-corrected chi connectivity index (χ0v) is 11.5. The van der Waals surface area contributed by atoms with Crippen molar-refractivity contribution in [3.63, 3.8) is 0 Å². The summed E-state index contributed by atoms with van der Waals surface area (Å²) in [6, 6.07) is 0.226. The highest BCUT2D eigenvalue weighted by Gasteiger charge is 2.11. The minimum atomic E-state index is 0.226. The zero-order chi connectivity index (χ0) is 11.7. The van der Waals surface area contributed by atoms with Gasteiger partial charge in [0.15, 0.2) is 5.13 Å². The topological polar surface area (TPSA) is 37.8 Å². The smallest absolute Gasteiger partial charge is 0.183 e. The standard InChI is InChI=1S/C11H15N3S2/c1-6-5-15-10(12-6)8(3)14-11-13-7(2)9(4)16-11/h5,8H,1-4H3,(H,13,14). The summed E-state index contributed by atoms with van der Waals surface area (Å²) in [5, 5.41) is 7.56. The fraction of sp³-hybridized carbons (Fsp3) is 0.455. The minimum absolute atomic E-state index is 0.226. The monoisotopic (exact) mass is 253 g/mol. The maximum atomic E-state index is 4.47. The summed E-state index contributed by atoms with van der Waals surface area (Å²) in [7, 11) is 0. The lowest BCUT2D eigenvalue weighted by Crippen LogP contribution is -2.05. The Morgan fingerprint density at radius 1 is 1.25 bits per heavy atom. The molecule has 0 aliphatic heterocycles. The van der Waals surface area contributed by atoms with Crippen molar-refractivity contribution in [3.8, 4) is 0 Å².